The number of aliphatic carboxylic acids is 1. The molecule has 5 rings (SSSR count). The monoisotopic (exact) mass is 585 g/mol. The molecule has 0 bridgehead atoms. The van der Waals surface area contributed by atoms with Gasteiger partial charge in [0.15, 0.2) is 0 Å². The lowest BCUT2D eigenvalue weighted by molar-refractivity contribution is -0.138. The van der Waals surface area contributed by atoms with Gasteiger partial charge < -0.3 is 10.2 Å². The number of aromatic nitrogens is 1. The molecule has 1 aliphatic rings. The Morgan fingerprint density at radius 2 is 1.83 bits per heavy atom. The number of fused-ring (bicyclic) bond motifs is 1. The first-order chi connectivity index (χ1) is 19.6. The third kappa shape index (κ3) is 7.79. The highest BCUT2D eigenvalue weighted by Gasteiger charge is 2.44. The number of nitrogens with zero attached hydrogens (tertiary/aromatic N) is 1. The van der Waals surface area contributed by atoms with Crippen molar-refractivity contribution >= 4 is 52.4 Å². The minimum Gasteiger partial charge on any atom is -0.481 e. The van der Waals surface area contributed by atoms with Gasteiger partial charge in [0.25, 0.3) is 0 Å². The highest BCUT2D eigenvalue weighted by atomic mass is 35.5. The van der Waals surface area contributed by atoms with Crippen molar-refractivity contribution in [1.82, 2.24) is 4.98 Å². The summed E-state index contributed by atoms with van der Waals surface area (Å²) in [5.41, 5.74) is 5.15. The van der Waals surface area contributed by atoms with Gasteiger partial charge in [-0.1, -0.05) is 78.3 Å². The van der Waals surface area contributed by atoms with Crippen molar-refractivity contribution in [3.8, 4) is 0 Å². The van der Waals surface area contributed by atoms with Crippen LogP contribution in [-0.4, -0.2) is 26.9 Å². The van der Waals surface area contributed by atoms with Gasteiger partial charge in [-0.25, -0.2) is 4.98 Å². The quantitative estimate of drug-likeness (QED) is 0.174. The van der Waals surface area contributed by atoms with E-state index in [1.807, 2.05) is 74.1 Å². The maximum absolute atomic E-state index is 11.5. The number of aliphatic hydroxyl groups is 1. The fraction of sp³-hybridized carbons (Fsp3) is 0.314. The number of aryl methyl sites for hydroxylation is 1. The lowest BCUT2D eigenvalue weighted by atomic mass is 9.90. The second-order valence-corrected chi connectivity index (χ2v) is 13.3. The smallest absolute Gasteiger partial charge is 0.303 e. The number of carbonyl (C=O) groups is 1. The zero-order valence-electron chi connectivity index (χ0n) is 23.5. The van der Waals surface area contributed by atoms with Crippen molar-refractivity contribution in [3.63, 3.8) is 0 Å². The molecule has 6 heteroatoms. The molecule has 2 N–H and O–H groups in total. The number of hydrogen-bond donors (Lipinski definition) is 2. The normalized spacial score (nSPS) is 15.3. The molecule has 0 amide bonds. The van der Waals surface area contributed by atoms with E-state index in [1.165, 1.54) is 5.56 Å². The number of thioether (sulfide) groups is 1. The highest BCUT2D eigenvalue weighted by molar-refractivity contribution is 7.99. The molecule has 0 radical (unpaired) electrons. The Hall–Kier alpha value is -3.12. The van der Waals surface area contributed by atoms with Crippen LogP contribution in [-0.2, 0) is 16.8 Å². The summed E-state index contributed by atoms with van der Waals surface area (Å²) in [6.45, 7) is 3.66. The highest BCUT2D eigenvalue weighted by Crippen LogP contribution is 2.53. The molecule has 1 fully saturated rings. The van der Waals surface area contributed by atoms with Gasteiger partial charge in [0.1, 0.15) is 0 Å². The molecule has 1 heterocycles. The van der Waals surface area contributed by atoms with E-state index in [2.05, 4.69) is 42.5 Å². The van der Waals surface area contributed by atoms with E-state index in [-0.39, 0.29) is 17.1 Å². The molecule has 3 aromatic carbocycles. The number of halogens is 1. The summed E-state index contributed by atoms with van der Waals surface area (Å²) in [5, 5.41) is 22.1. The molecule has 1 saturated carbocycles. The van der Waals surface area contributed by atoms with Crippen LogP contribution in [0.25, 0.3) is 23.1 Å². The fourth-order valence-corrected chi connectivity index (χ4v) is 7.09. The van der Waals surface area contributed by atoms with Crippen molar-refractivity contribution in [2.24, 2.45) is 5.41 Å². The first kappa shape index (κ1) is 29.4. The summed E-state index contributed by atoms with van der Waals surface area (Å²) < 4.78 is 0. The molecular formula is C35H36ClNO3S. The molecule has 0 aliphatic heterocycles. The maximum atomic E-state index is 11.5. The largest absolute Gasteiger partial charge is 0.481 e. The number of carboxylic acid groups (broad SMARTS) is 1. The third-order valence-electron chi connectivity index (χ3n) is 7.83. The summed E-state index contributed by atoms with van der Waals surface area (Å²) in [6, 6.07) is 26.5. The third-order valence-corrected chi connectivity index (χ3v) is 9.76. The van der Waals surface area contributed by atoms with Crippen molar-refractivity contribution in [3.05, 3.63) is 112 Å². The van der Waals surface area contributed by atoms with Crippen molar-refractivity contribution in [2.45, 2.75) is 56.8 Å². The lowest BCUT2D eigenvalue weighted by Gasteiger charge is -2.24. The van der Waals surface area contributed by atoms with Gasteiger partial charge in [-0.05, 0) is 91.5 Å². The molecule has 41 heavy (non-hydrogen) atoms. The minimum atomic E-state index is -0.911. The average Bonchev–Trinajstić information content (AvgIpc) is 3.70. The zero-order valence-corrected chi connectivity index (χ0v) is 25.1. The number of carboxylic acids is 1. The van der Waals surface area contributed by atoms with E-state index in [9.17, 15) is 15.0 Å². The van der Waals surface area contributed by atoms with Crippen LogP contribution < -0.4 is 0 Å². The van der Waals surface area contributed by atoms with Gasteiger partial charge >= 0.3 is 5.97 Å². The Labute approximate surface area is 251 Å². The Kier molecular flexibility index (Phi) is 8.88. The van der Waals surface area contributed by atoms with Crippen LogP contribution in [0.5, 0.6) is 0 Å². The van der Waals surface area contributed by atoms with Crippen LogP contribution in [0.15, 0.2) is 78.9 Å². The van der Waals surface area contributed by atoms with E-state index in [0.717, 1.165) is 64.7 Å². The second kappa shape index (κ2) is 12.4. The molecule has 1 aromatic heterocycles. The van der Waals surface area contributed by atoms with E-state index >= 15 is 0 Å². The van der Waals surface area contributed by atoms with Crippen LogP contribution in [0.1, 0.15) is 72.7 Å². The predicted octanol–water partition coefficient (Wildman–Crippen LogP) is 8.95. The molecule has 4 aromatic rings. The molecule has 4 nitrogen and oxygen atoms in total. The van der Waals surface area contributed by atoms with Crippen LogP contribution in [0.2, 0.25) is 5.02 Å². The second-order valence-electron chi connectivity index (χ2n) is 11.7. The molecule has 212 valence electrons. The fourth-order valence-electron chi connectivity index (χ4n) is 5.36. The number of benzene rings is 3. The molecule has 1 aliphatic carbocycles. The summed E-state index contributed by atoms with van der Waals surface area (Å²) in [5.74, 6) is 0.122. The van der Waals surface area contributed by atoms with Gasteiger partial charge in [-0.15, -0.1) is 0 Å². The first-order valence-corrected chi connectivity index (χ1v) is 15.5. The number of pyridine rings is 1. The minimum absolute atomic E-state index is 0.0814. The Bertz CT molecular complexity index is 1570. The van der Waals surface area contributed by atoms with Gasteiger partial charge in [0.05, 0.1) is 23.2 Å². The van der Waals surface area contributed by atoms with Gasteiger partial charge in [-0.2, -0.15) is 11.8 Å². The van der Waals surface area contributed by atoms with Crippen LogP contribution >= 0.6 is 23.4 Å². The molecule has 1 atom stereocenters. The number of hydrogen-bond acceptors (Lipinski definition) is 4. The lowest BCUT2D eigenvalue weighted by Crippen LogP contribution is -2.18. The van der Waals surface area contributed by atoms with Gasteiger partial charge in [0.2, 0.25) is 0 Å². The first-order valence-electron chi connectivity index (χ1n) is 14.1. The summed E-state index contributed by atoms with van der Waals surface area (Å²) in [4.78, 5) is 16.2. The standard InChI is InChI=1S/C35H36ClNO3S/c1-34(2,40)30-9-4-3-7-25(30)13-17-32(41-23-35(18-19-35)22-33(38)39)27-8-5-6-24(20-27)10-15-29-16-12-26-11-14-28(36)21-31(26)37-29/h3-12,14-16,20-21,32,40H,13,17-19,22-23H2,1-2H3,(H,38,39)/b15-10-. The van der Waals surface area contributed by atoms with Gasteiger partial charge in [-0.3, -0.25) is 4.79 Å². The SMILES string of the molecule is CC(C)(O)c1ccccc1CCC(SCC1(CC(=O)O)CC1)c1cccc(/C=C\c2ccc3ccc(Cl)cc3n2)c1. The molecular weight excluding hydrogens is 550 g/mol. The molecule has 0 saturated heterocycles. The van der Waals surface area contributed by atoms with E-state index in [0.29, 0.717) is 5.02 Å². The van der Waals surface area contributed by atoms with Gasteiger partial charge in [0, 0.05) is 21.4 Å². The molecule has 0 spiro atoms. The molecule has 1 unspecified atom stereocenters. The van der Waals surface area contributed by atoms with Crippen molar-refractivity contribution in [2.75, 3.05) is 5.75 Å². The predicted molar refractivity (Wildman–Crippen MR) is 171 cm³/mol. The van der Waals surface area contributed by atoms with E-state index < -0.39 is 11.6 Å². The summed E-state index contributed by atoms with van der Waals surface area (Å²) in [6.07, 6.45) is 8.02. The topological polar surface area (TPSA) is 70.4 Å². The maximum Gasteiger partial charge on any atom is 0.303 e. The van der Waals surface area contributed by atoms with E-state index in [1.54, 1.807) is 0 Å². The Morgan fingerprint density at radius 3 is 2.59 bits per heavy atom. The van der Waals surface area contributed by atoms with Crippen molar-refractivity contribution in [1.29, 1.82) is 0 Å². The van der Waals surface area contributed by atoms with Crippen LogP contribution in [0, 0.1) is 5.41 Å². The van der Waals surface area contributed by atoms with Crippen molar-refractivity contribution < 1.29 is 15.0 Å². The van der Waals surface area contributed by atoms with Crippen LogP contribution in [0.4, 0.5) is 0 Å². The van der Waals surface area contributed by atoms with Crippen LogP contribution in [0.3, 0.4) is 0 Å². The Balaban J connectivity index is 1.37. The zero-order chi connectivity index (χ0) is 29.0. The average molecular weight is 586 g/mol. The van der Waals surface area contributed by atoms with E-state index in [4.69, 9.17) is 16.6 Å². The summed E-state index contributed by atoms with van der Waals surface area (Å²) >= 11 is 8.04. The number of rotatable bonds is 12. The summed E-state index contributed by atoms with van der Waals surface area (Å²) in [7, 11) is 0. The Morgan fingerprint density at radius 1 is 1.05 bits per heavy atom.